The number of hydrogen-bond acceptors (Lipinski definition) is 4. The van der Waals surface area contributed by atoms with Crippen LogP contribution in [0.5, 0.6) is 0 Å². The molecule has 1 aromatic carbocycles. The summed E-state index contributed by atoms with van der Waals surface area (Å²) >= 11 is 0. The summed E-state index contributed by atoms with van der Waals surface area (Å²) in [7, 11) is 1.59. The van der Waals surface area contributed by atoms with Crippen molar-refractivity contribution in [3.8, 4) is 5.69 Å². The number of aromatic nitrogens is 3. The molecule has 1 aliphatic rings. The zero-order valence-corrected chi connectivity index (χ0v) is 12.5. The molecule has 7 nitrogen and oxygen atoms in total. The van der Waals surface area contributed by atoms with Crippen molar-refractivity contribution in [3.63, 3.8) is 0 Å². The molecule has 1 saturated carbocycles. The highest BCUT2D eigenvalue weighted by atomic mass is 16.2. The van der Waals surface area contributed by atoms with Crippen molar-refractivity contribution in [3.05, 3.63) is 41.2 Å². The summed E-state index contributed by atoms with van der Waals surface area (Å²) < 4.78 is 1.59. The molecule has 2 N–H and O–H groups in total. The van der Waals surface area contributed by atoms with E-state index in [1.807, 2.05) is 0 Å². The first-order valence-electron chi connectivity index (χ1n) is 7.16. The fraction of sp³-hybridized carbons (Fsp3) is 0.333. The summed E-state index contributed by atoms with van der Waals surface area (Å²) in [4.78, 5) is 23.6. The fourth-order valence-corrected chi connectivity index (χ4v) is 2.16. The van der Waals surface area contributed by atoms with Crippen LogP contribution in [-0.2, 0) is 0 Å². The van der Waals surface area contributed by atoms with E-state index >= 15 is 0 Å². The fourth-order valence-electron chi connectivity index (χ4n) is 2.16. The van der Waals surface area contributed by atoms with E-state index in [2.05, 4.69) is 20.9 Å². The Kier molecular flexibility index (Phi) is 3.62. The lowest BCUT2D eigenvalue weighted by Gasteiger charge is -2.05. The molecule has 0 bridgehead atoms. The molecule has 1 aliphatic carbocycles. The van der Waals surface area contributed by atoms with Crippen LogP contribution in [0.3, 0.4) is 0 Å². The molecule has 3 rings (SSSR count). The first kappa shape index (κ1) is 14.2. The largest absolute Gasteiger partial charge is 0.355 e. The van der Waals surface area contributed by atoms with Gasteiger partial charge in [0.05, 0.1) is 11.4 Å². The molecule has 0 unspecified atom stereocenters. The van der Waals surface area contributed by atoms with E-state index in [1.54, 1.807) is 42.9 Å². The van der Waals surface area contributed by atoms with Crippen molar-refractivity contribution in [2.75, 3.05) is 7.05 Å². The number of rotatable bonds is 4. The van der Waals surface area contributed by atoms with Gasteiger partial charge >= 0.3 is 0 Å². The summed E-state index contributed by atoms with van der Waals surface area (Å²) in [6.07, 6.45) is 2.06. The maximum Gasteiger partial charge on any atom is 0.273 e. The Morgan fingerprint density at radius 2 is 1.86 bits per heavy atom. The number of nitrogens with one attached hydrogen (secondary N) is 2. The third-order valence-corrected chi connectivity index (χ3v) is 3.62. The van der Waals surface area contributed by atoms with Gasteiger partial charge in [-0.3, -0.25) is 9.59 Å². The van der Waals surface area contributed by atoms with Crippen LogP contribution >= 0.6 is 0 Å². The first-order chi connectivity index (χ1) is 10.6. The Labute approximate surface area is 127 Å². The lowest BCUT2D eigenvalue weighted by molar-refractivity contribution is 0.0942. The number of benzene rings is 1. The van der Waals surface area contributed by atoms with E-state index in [1.165, 1.54) is 0 Å². The third-order valence-electron chi connectivity index (χ3n) is 3.62. The van der Waals surface area contributed by atoms with Gasteiger partial charge in [0.25, 0.3) is 11.8 Å². The van der Waals surface area contributed by atoms with Crippen LogP contribution in [0.4, 0.5) is 0 Å². The summed E-state index contributed by atoms with van der Waals surface area (Å²) in [5.41, 5.74) is 2.33. The summed E-state index contributed by atoms with van der Waals surface area (Å²) in [5.74, 6) is -0.334. The molecule has 114 valence electrons. The van der Waals surface area contributed by atoms with Crippen LogP contribution in [0, 0.1) is 6.92 Å². The van der Waals surface area contributed by atoms with E-state index in [0.29, 0.717) is 17.0 Å². The normalized spacial score (nSPS) is 13.7. The Balaban J connectivity index is 1.84. The number of hydrogen-bond donors (Lipinski definition) is 2. The molecule has 0 radical (unpaired) electrons. The minimum atomic E-state index is -0.187. The number of carbonyl (C=O) groups excluding carboxylic acids is 2. The van der Waals surface area contributed by atoms with Crippen molar-refractivity contribution in [1.82, 2.24) is 25.6 Å². The van der Waals surface area contributed by atoms with Gasteiger partial charge in [-0.05, 0) is 44.0 Å². The van der Waals surface area contributed by atoms with Crippen molar-refractivity contribution >= 4 is 11.8 Å². The van der Waals surface area contributed by atoms with Gasteiger partial charge in [0, 0.05) is 18.7 Å². The lowest BCUT2D eigenvalue weighted by atomic mass is 10.2. The van der Waals surface area contributed by atoms with Gasteiger partial charge < -0.3 is 10.6 Å². The number of nitrogens with zero attached hydrogens (tertiary/aromatic N) is 3. The zero-order valence-electron chi connectivity index (χ0n) is 12.5. The molecule has 2 aromatic rings. The monoisotopic (exact) mass is 299 g/mol. The van der Waals surface area contributed by atoms with Crippen LogP contribution < -0.4 is 10.6 Å². The van der Waals surface area contributed by atoms with E-state index in [-0.39, 0.29) is 17.9 Å². The lowest BCUT2D eigenvalue weighted by Crippen LogP contribution is -2.26. The highest BCUT2D eigenvalue weighted by molar-refractivity contribution is 5.94. The average Bonchev–Trinajstić information content (AvgIpc) is 3.26. The van der Waals surface area contributed by atoms with E-state index in [4.69, 9.17) is 0 Å². The van der Waals surface area contributed by atoms with E-state index in [0.717, 1.165) is 18.5 Å². The highest BCUT2D eigenvalue weighted by Crippen LogP contribution is 2.20. The second kappa shape index (κ2) is 5.59. The zero-order chi connectivity index (χ0) is 15.7. The van der Waals surface area contributed by atoms with Gasteiger partial charge in [0.2, 0.25) is 0 Å². The number of amides is 2. The molecule has 1 heterocycles. The Morgan fingerprint density at radius 3 is 2.45 bits per heavy atom. The Morgan fingerprint density at radius 1 is 1.18 bits per heavy atom. The van der Waals surface area contributed by atoms with Crippen LogP contribution in [0.25, 0.3) is 5.69 Å². The summed E-state index contributed by atoms with van der Waals surface area (Å²) in [6, 6.07) is 7.24. The molecule has 22 heavy (non-hydrogen) atoms. The molecule has 2 amide bonds. The standard InChI is InChI=1S/C15H17N5O2/c1-9-13(15(22)17-11-5-6-11)18-19-20(9)12-7-3-10(4-8-12)14(21)16-2/h3-4,7-8,11H,5-6H2,1-2H3,(H,16,21)(H,17,22). The molecular formula is C15H17N5O2. The second-order valence-corrected chi connectivity index (χ2v) is 5.31. The SMILES string of the molecule is CNC(=O)c1ccc(-n2nnc(C(=O)NC3CC3)c2C)cc1. The van der Waals surface area contributed by atoms with Crippen LogP contribution in [0.2, 0.25) is 0 Å². The van der Waals surface area contributed by atoms with Crippen molar-refractivity contribution < 1.29 is 9.59 Å². The van der Waals surface area contributed by atoms with Gasteiger partial charge in [-0.15, -0.1) is 5.10 Å². The summed E-state index contributed by atoms with van der Waals surface area (Å²) in [6.45, 7) is 1.80. The van der Waals surface area contributed by atoms with Gasteiger partial charge in [0.1, 0.15) is 0 Å². The van der Waals surface area contributed by atoms with Gasteiger partial charge in [-0.25, -0.2) is 4.68 Å². The van der Waals surface area contributed by atoms with E-state index in [9.17, 15) is 9.59 Å². The molecule has 0 aliphatic heterocycles. The molecule has 1 fully saturated rings. The van der Waals surface area contributed by atoms with E-state index < -0.39 is 0 Å². The molecule has 7 heteroatoms. The molecule has 0 saturated heterocycles. The maximum absolute atomic E-state index is 12.1. The van der Waals surface area contributed by atoms with Gasteiger partial charge in [0.15, 0.2) is 5.69 Å². The minimum Gasteiger partial charge on any atom is -0.355 e. The van der Waals surface area contributed by atoms with Gasteiger partial charge in [-0.2, -0.15) is 0 Å². The predicted octanol–water partition coefficient (Wildman–Crippen LogP) is 0.828. The Bertz CT molecular complexity index is 716. The predicted molar refractivity (Wildman–Crippen MR) is 80.0 cm³/mol. The Hall–Kier alpha value is -2.70. The second-order valence-electron chi connectivity index (χ2n) is 5.31. The highest BCUT2D eigenvalue weighted by Gasteiger charge is 2.26. The van der Waals surface area contributed by atoms with Crippen LogP contribution in [-0.4, -0.2) is 39.9 Å². The first-order valence-corrected chi connectivity index (χ1v) is 7.16. The van der Waals surface area contributed by atoms with Crippen LogP contribution in [0.1, 0.15) is 39.4 Å². The smallest absolute Gasteiger partial charge is 0.273 e. The third kappa shape index (κ3) is 2.69. The van der Waals surface area contributed by atoms with Gasteiger partial charge in [-0.1, -0.05) is 5.21 Å². The molecule has 0 atom stereocenters. The number of carbonyl (C=O) groups is 2. The minimum absolute atomic E-state index is 0.147. The summed E-state index contributed by atoms with van der Waals surface area (Å²) in [5, 5.41) is 13.5. The van der Waals surface area contributed by atoms with Crippen molar-refractivity contribution in [1.29, 1.82) is 0 Å². The topological polar surface area (TPSA) is 88.9 Å². The maximum atomic E-state index is 12.1. The van der Waals surface area contributed by atoms with Crippen LogP contribution in [0.15, 0.2) is 24.3 Å². The molecule has 1 aromatic heterocycles. The van der Waals surface area contributed by atoms with Crippen molar-refractivity contribution in [2.45, 2.75) is 25.8 Å². The molecule has 0 spiro atoms. The average molecular weight is 299 g/mol. The quantitative estimate of drug-likeness (QED) is 0.875. The molecular weight excluding hydrogens is 282 g/mol. The van der Waals surface area contributed by atoms with Crippen molar-refractivity contribution in [2.24, 2.45) is 0 Å².